The zero-order valence-electron chi connectivity index (χ0n) is 18.9. The third-order valence-corrected chi connectivity index (χ3v) is 5.75. The molecule has 2 aromatic carbocycles. The van der Waals surface area contributed by atoms with Crippen molar-refractivity contribution in [3.63, 3.8) is 0 Å². The van der Waals surface area contributed by atoms with Gasteiger partial charge in [0.1, 0.15) is 17.4 Å². The lowest BCUT2D eigenvalue weighted by Gasteiger charge is -2.14. The Kier molecular flexibility index (Phi) is 10.8. The normalized spacial score (nSPS) is 12.1. The van der Waals surface area contributed by atoms with E-state index in [0.717, 1.165) is 42.4 Å². The molecule has 1 aromatic heterocycles. The molecule has 0 fully saturated rings. The average Bonchev–Trinajstić information content (AvgIpc) is 3.35. The second-order valence-electron chi connectivity index (χ2n) is 7.88. The highest BCUT2D eigenvalue weighted by molar-refractivity contribution is 7.32. The second-order valence-corrected chi connectivity index (χ2v) is 8.70. The van der Waals surface area contributed by atoms with E-state index in [9.17, 15) is 13.3 Å². The first-order valence-corrected chi connectivity index (χ1v) is 12.6. The van der Waals surface area contributed by atoms with E-state index in [4.69, 9.17) is 14.0 Å². The molecule has 0 saturated heterocycles. The highest BCUT2D eigenvalue weighted by Crippen LogP contribution is 2.33. The Labute approximate surface area is 198 Å². The Morgan fingerprint density at radius 2 is 1.82 bits per heavy atom. The highest BCUT2D eigenvalue weighted by atomic mass is 31.1. The zero-order chi connectivity index (χ0) is 24.2. The van der Waals surface area contributed by atoms with Crippen LogP contribution in [0, 0.1) is 11.6 Å². The number of unbranched alkanes of at least 4 members (excludes halogenated alkanes) is 2. The van der Waals surface area contributed by atoms with E-state index < -0.39 is 8.25 Å². The van der Waals surface area contributed by atoms with Crippen LogP contribution >= 0.6 is 8.25 Å². The summed E-state index contributed by atoms with van der Waals surface area (Å²) in [6, 6.07) is 11.5. The predicted molar refractivity (Wildman–Crippen MR) is 127 cm³/mol. The van der Waals surface area contributed by atoms with E-state index in [2.05, 4.69) is 9.84 Å². The van der Waals surface area contributed by atoms with E-state index in [1.54, 1.807) is 36.8 Å². The Morgan fingerprint density at radius 3 is 2.56 bits per heavy atom. The average molecular weight is 493 g/mol. The molecule has 6 nitrogen and oxygen atoms in total. The van der Waals surface area contributed by atoms with Crippen LogP contribution in [-0.4, -0.2) is 24.7 Å². The Balaban J connectivity index is 1.50. The molecular weight excluding hydrogens is 463 g/mol. The summed E-state index contributed by atoms with van der Waals surface area (Å²) < 4.78 is 54.0. The maximum atomic E-state index is 14.7. The molecule has 0 aliphatic heterocycles. The Bertz CT molecular complexity index is 1030. The van der Waals surface area contributed by atoms with Crippen molar-refractivity contribution in [2.24, 2.45) is 0 Å². The molecule has 1 heterocycles. The summed E-state index contributed by atoms with van der Waals surface area (Å²) in [6.45, 7) is 1.44. The van der Waals surface area contributed by atoms with E-state index in [1.165, 1.54) is 18.2 Å². The van der Waals surface area contributed by atoms with Crippen molar-refractivity contribution in [1.82, 2.24) is 5.32 Å². The van der Waals surface area contributed by atoms with E-state index >= 15 is 0 Å². The van der Waals surface area contributed by atoms with Gasteiger partial charge in [0.15, 0.2) is 0 Å². The molecule has 2 N–H and O–H groups in total. The monoisotopic (exact) mass is 493 g/mol. The van der Waals surface area contributed by atoms with Crippen LogP contribution in [0.1, 0.15) is 36.8 Å². The number of nitrogens with one attached hydrogen (secondary N) is 1. The van der Waals surface area contributed by atoms with Gasteiger partial charge in [-0.2, -0.15) is 0 Å². The first-order valence-electron chi connectivity index (χ1n) is 11.3. The fourth-order valence-electron chi connectivity index (χ4n) is 3.52. The number of rotatable bonds is 15. The van der Waals surface area contributed by atoms with Crippen LogP contribution in [0.3, 0.4) is 0 Å². The molecule has 3 rings (SSSR count). The Morgan fingerprint density at radius 1 is 1.00 bits per heavy atom. The van der Waals surface area contributed by atoms with Gasteiger partial charge in [0.25, 0.3) is 0 Å². The van der Waals surface area contributed by atoms with Crippen LogP contribution in [0.4, 0.5) is 8.78 Å². The van der Waals surface area contributed by atoms with E-state index in [0.29, 0.717) is 37.4 Å². The van der Waals surface area contributed by atoms with Crippen molar-refractivity contribution < 1.29 is 31.9 Å². The first-order chi connectivity index (χ1) is 16.5. The van der Waals surface area contributed by atoms with Crippen molar-refractivity contribution in [2.75, 3.05) is 19.8 Å². The smallest absolute Gasteiger partial charge is 0.316 e. The molecule has 3 aromatic rings. The highest BCUT2D eigenvalue weighted by Gasteiger charge is 2.14. The van der Waals surface area contributed by atoms with Crippen LogP contribution in [0.15, 0.2) is 59.4 Å². The van der Waals surface area contributed by atoms with Gasteiger partial charge < -0.3 is 23.9 Å². The van der Waals surface area contributed by atoms with Gasteiger partial charge in [-0.3, -0.25) is 4.57 Å². The minimum Gasteiger partial charge on any atom is -0.493 e. The van der Waals surface area contributed by atoms with Gasteiger partial charge in [0.2, 0.25) is 0 Å². The third-order valence-electron chi connectivity index (χ3n) is 5.30. The largest absolute Gasteiger partial charge is 0.493 e. The first kappa shape index (κ1) is 26.1. The molecule has 0 amide bonds. The molecule has 1 unspecified atom stereocenters. The number of halogens is 2. The minimum absolute atomic E-state index is 0.167. The fraction of sp³-hybridized carbons (Fsp3) is 0.360. The van der Waals surface area contributed by atoms with Gasteiger partial charge in [-0.05, 0) is 68.5 Å². The van der Waals surface area contributed by atoms with Gasteiger partial charge in [0.05, 0.1) is 25.7 Å². The van der Waals surface area contributed by atoms with Crippen LogP contribution in [-0.2, 0) is 22.1 Å². The maximum absolute atomic E-state index is 14.7. The SMILES string of the molecule is O=[PH](O)OCCCNCc1cc(-c2ccoc2)c(OCCCCCc2ccc(F)cc2)cc1F. The molecule has 0 aliphatic rings. The molecule has 9 heteroatoms. The molecule has 0 radical (unpaired) electrons. The molecule has 0 bridgehead atoms. The van der Waals surface area contributed by atoms with Gasteiger partial charge in [-0.25, -0.2) is 8.78 Å². The standard InChI is InChI=1S/C25H30F2NO5P/c26-22-8-6-19(7-9-22)5-2-1-3-12-32-25-16-24(27)21(15-23(25)20-10-14-31-18-20)17-28-11-4-13-33-34(29)30/h6-10,14-16,18,28,34H,1-5,11-13,17H2,(H,29,30). The topological polar surface area (TPSA) is 80.9 Å². The lowest BCUT2D eigenvalue weighted by molar-refractivity contribution is 0.276. The van der Waals surface area contributed by atoms with Crippen molar-refractivity contribution >= 4 is 8.25 Å². The van der Waals surface area contributed by atoms with Crippen LogP contribution in [0.5, 0.6) is 5.75 Å². The fourth-order valence-corrected chi connectivity index (χ4v) is 3.84. The number of furan rings is 1. The number of aryl methyl sites for hydroxylation is 1. The van der Waals surface area contributed by atoms with Gasteiger partial charge in [0, 0.05) is 29.3 Å². The summed E-state index contributed by atoms with van der Waals surface area (Å²) in [5, 5.41) is 3.11. The third kappa shape index (κ3) is 8.69. The molecule has 0 aliphatic carbocycles. The lowest BCUT2D eigenvalue weighted by Crippen LogP contribution is -2.17. The molecular formula is C25H30F2NO5P. The number of ether oxygens (including phenoxy) is 1. The summed E-state index contributed by atoms with van der Waals surface area (Å²) in [4.78, 5) is 8.65. The molecule has 184 valence electrons. The maximum Gasteiger partial charge on any atom is 0.316 e. The summed E-state index contributed by atoms with van der Waals surface area (Å²) in [7, 11) is -2.92. The predicted octanol–water partition coefficient (Wildman–Crippen LogP) is 5.89. The zero-order valence-corrected chi connectivity index (χ0v) is 19.9. The van der Waals surface area contributed by atoms with Gasteiger partial charge in [-0.1, -0.05) is 12.1 Å². The molecule has 34 heavy (non-hydrogen) atoms. The number of hydrogen-bond donors (Lipinski definition) is 2. The number of benzene rings is 2. The van der Waals surface area contributed by atoms with Crippen molar-refractivity contribution in [2.45, 2.75) is 38.6 Å². The molecule has 1 atom stereocenters. The van der Waals surface area contributed by atoms with E-state index in [1.807, 2.05) is 0 Å². The van der Waals surface area contributed by atoms with Gasteiger partial charge >= 0.3 is 8.25 Å². The van der Waals surface area contributed by atoms with Crippen molar-refractivity contribution in [1.29, 1.82) is 0 Å². The van der Waals surface area contributed by atoms with Crippen molar-refractivity contribution in [3.8, 4) is 16.9 Å². The molecule has 0 saturated carbocycles. The summed E-state index contributed by atoms with van der Waals surface area (Å²) in [5.74, 6) is -0.142. The quantitative estimate of drug-likeness (QED) is 0.203. The lowest BCUT2D eigenvalue weighted by atomic mass is 10.0. The minimum atomic E-state index is -2.92. The second kappa shape index (κ2) is 14.0. The van der Waals surface area contributed by atoms with Crippen LogP contribution in [0.2, 0.25) is 0 Å². The van der Waals surface area contributed by atoms with Crippen molar-refractivity contribution in [3.05, 3.63) is 77.8 Å². The Hall–Kier alpha value is -2.51. The number of hydrogen-bond acceptors (Lipinski definition) is 5. The summed E-state index contributed by atoms with van der Waals surface area (Å²) in [6.07, 6.45) is 7.29. The van der Waals surface area contributed by atoms with E-state index in [-0.39, 0.29) is 18.2 Å². The van der Waals surface area contributed by atoms with Crippen LogP contribution < -0.4 is 10.1 Å². The molecule has 0 spiro atoms. The van der Waals surface area contributed by atoms with Gasteiger partial charge in [-0.15, -0.1) is 0 Å². The van der Waals surface area contributed by atoms with Crippen LogP contribution in [0.25, 0.3) is 11.1 Å². The summed E-state index contributed by atoms with van der Waals surface area (Å²) in [5.41, 5.74) is 3.14. The summed E-state index contributed by atoms with van der Waals surface area (Å²) >= 11 is 0.